The van der Waals surface area contributed by atoms with E-state index in [1.54, 1.807) is 19.9 Å². The Morgan fingerprint density at radius 2 is 2.06 bits per heavy atom. The first-order valence-corrected chi connectivity index (χ1v) is 5.16. The van der Waals surface area contributed by atoms with E-state index in [1.807, 2.05) is 30.3 Å². The van der Waals surface area contributed by atoms with Crippen LogP contribution in [0.15, 0.2) is 43.0 Å². The molecule has 0 saturated heterocycles. The molecule has 1 rings (SSSR count). The maximum absolute atomic E-state index is 11.6. The Morgan fingerprint density at radius 3 is 2.62 bits per heavy atom. The Hall–Kier alpha value is -1.61. The van der Waals surface area contributed by atoms with Gasteiger partial charge >= 0.3 is 0 Å². The number of benzene rings is 1. The largest absolute Gasteiger partial charge is 0.272 e. The fraction of sp³-hybridized carbons (Fsp3) is 0.308. The molecule has 0 aliphatic carbocycles. The average Bonchev–Trinajstić information content (AvgIpc) is 2.30. The second-order valence-corrected chi connectivity index (χ2v) is 4.13. The van der Waals surface area contributed by atoms with Crippen molar-refractivity contribution in [3.05, 3.63) is 48.6 Å². The van der Waals surface area contributed by atoms with Gasteiger partial charge in [0.05, 0.1) is 12.0 Å². The van der Waals surface area contributed by atoms with Crippen LogP contribution in [0.3, 0.4) is 0 Å². The Bertz CT molecular complexity index is 357. The lowest BCUT2D eigenvalue weighted by atomic mass is 9.93. The SMILES string of the molecule is C=CC(C)(C)C(=O)NOCc1ccccc1. The smallest absolute Gasteiger partial charge is 0.252 e. The first-order chi connectivity index (χ1) is 7.56. The molecule has 0 bridgehead atoms. The number of carbonyl (C=O) groups is 1. The van der Waals surface area contributed by atoms with Gasteiger partial charge in [0.15, 0.2) is 0 Å². The molecule has 86 valence electrons. The Balaban J connectivity index is 2.37. The summed E-state index contributed by atoms with van der Waals surface area (Å²) < 4.78 is 0. The third-order valence-electron chi connectivity index (χ3n) is 2.34. The van der Waals surface area contributed by atoms with Crippen molar-refractivity contribution in [2.24, 2.45) is 5.41 Å². The van der Waals surface area contributed by atoms with Crippen molar-refractivity contribution >= 4 is 5.91 Å². The molecule has 0 saturated carbocycles. The molecule has 0 unspecified atom stereocenters. The topological polar surface area (TPSA) is 38.3 Å². The Labute approximate surface area is 96.1 Å². The number of nitrogens with one attached hydrogen (secondary N) is 1. The van der Waals surface area contributed by atoms with Crippen LogP contribution in [-0.2, 0) is 16.2 Å². The van der Waals surface area contributed by atoms with E-state index in [9.17, 15) is 4.79 Å². The van der Waals surface area contributed by atoms with Crippen LogP contribution in [0.25, 0.3) is 0 Å². The summed E-state index contributed by atoms with van der Waals surface area (Å²) in [5, 5.41) is 0. The minimum absolute atomic E-state index is 0.196. The molecule has 0 radical (unpaired) electrons. The number of hydrogen-bond donors (Lipinski definition) is 1. The minimum atomic E-state index is -0.614. The number of hydrogen-bond acceptors (Lipinski definition) is 2. The molecule has 0 heterocycles. The number of carbonyl (C=O) groups excluding carboxylic acids is 1. The van der Waals surface area contributed by atoms with Gasteiger partial charge in [0.2, 0.25) is 0 Å². The number of amides is 1. The highest BCUT2D eigenvalue weighted by Crippen LogP contribution is 2.15. The van der Waals surface area contributed by atoms with Crippen LogP contribution < -0.4 is 5.48 Å². The molecule has 0 spiro atoms. The molecule has 0 aliphatic rings. The van der Waals surface area contributed by atoms with Crippen molar-refractivity contribution < 1.29 is 9.63 Å². The average molecular weight is 219 g/mol. The van der Waals surface area contributed by atoms with Gasteiger partial charge in [0.1, 0.15) is 0 Å². The molecule has 3 nitrogen and oxygen atoms in total. The van der Waals surface area contributed by atoms with Crippen LogP contribution in [-0.4, -0.2) is 5.91 Å². The van der Waals surface area contributed by atoms with Gasteiger partial charge in [0, 0.05) is 0 Å². The maximum Gasteiger partial charge on any atom is 0.252 e. The second-order valence-electron chi connectivity index (χ2n) is 4.13. The lowest BCUT2D eigenvalue weighted by Gasteiger charge is -2.18. The van der Waals surface area contributed by atoms with Crippen LogP contribution in [0, 0.1) is 5.41 Å². The molecule has 1 N–H and O–H groups in total. The molecule has 0 atom stereocenters. The van der Waals surface area contributed by atoms with Gasteiger partial charge < -0.3 is 0 Å². The van der Waals surface area contributed by atoms with Gasteiger partial charge in [-0.15, -0.1) is 6.58 Å². The van der Waals surface area contributed by atoms with Crippen molar-refractivity contribution in [1.29, 1.82) is 0 Å². The summed E-state index contributed by atoms with van der Waals surface area (Å²) in [6.45, 7) is 7.52. The lowest BCUT2D eigenvalue weighted by Crippen LogP contribution is -2.35. The van der Waals surface area contributed by atoms with Crippen molar-refractivity contribution in [2.45, 2.75) is 20.5 Å². The van der Waals surface area contributed by atoms with Crippen molar-refractivity contribution in [2.75, 3.05) is 0 Å². The Kier molecular flexibility index (Phi) is 4.26. The van der Waals surface area contributed by atoms with E-state index in [0.29, 0.717) is 6.61 Å². The highest BCUT2D eigenvalue weighted by Gasteiger charge is 2.23. The number of rotatable bonds is 5. The number of hydroxylamine groups is 1. The van der Waals surface area contributed by atoms with Crippen LogP contribution in [0.4, 0.5) is 0 Å². The van der Waals surface area contributed by atoms with E-state index < -0.39 is 5.41 Å². The summed E-state index contributed by atoms with van der Waals surface area (Å²) >= 11 is 0. The molecule has 0 aliphatic heterocycles. The molecule has 16 heavy (non-hydrogen) atoms. The third kappa shape index (κ3) is 3.51. The summed E-state index contributed by atoms with van der Waals surface area (Å²) in [5.41, 5.74) is 2.81. The maximum atomic E-state index is 11.6. The van der Waals surface area contributed by atoms with Gasteiger partial charge in [-0.1, -0.05) is 36.4 Å². The van der Waals surface area contributed by atoms with Crippen molar-refractivity contribution in [1.82, 2.24) is 5.48 Å². The van der Waals surface area contributed by atoms with E-state index in [-0.39, 0.29) is 5.91 Å². The summed E-state index contributed by atoms with van der Waals surface area (Å²) in [7, 11) is 0. The summed E-state index contributed by atoms with van der Waals surface area (Å²) in [5.74, 6) is -0.196. The van der Waals surface area contributed by atoms with Gasteiger partial charge in [-0.05, 0) is 19.4 Å². The van der Waals surface area contributed by atoms with Crippen molar-refractivity contribution in [3.8, 4) is 0 Å². The summed E-state index contributed by atoms with van der Waals surface area (Å²) in [4.78, 5) is 16.7. The van der Waals surface area contributed by atoms with Crippen LogP contribution in [0.2, 0.25) is 0 Å². The molecule has 0 aromatic heterocycles. The van der Waals surface area contributed by atoms with Gasteiger partial charge in [0.25, 0.3) is 5.91 Å². The minimum Gasteiger partial charge on any atom is -0.272 e. The zero-order chi connectivity index (χ0) is 12.0. The van der Waals surface area contributed by atoms with Crippen LogP contribution >= 0.6 is 0 Å². The molecular weight excluding hydrogens is 202 g/mol. The summed E-state index contributed by atoms with van der Waals surface area (Å²) in [6, 6.07) is 9.65. The van der Waals surface area contributed by atoms with Gasteiger partial charge in [-0.3, -0.25) is 9.63 Å². The lowest BCUT2D eigenvalue weighted by molar-refractivity contribution is -0.141. The molecule has 0 fully saturated rings. The van der Waals surface area contributed by atoms with E-state index in [2.05, 4.69) is 12.1 Å². The first-order valence-electron chi connectivity index (χ1n) is 5.16. The Morgan fingerprint density at radius 1 is 1.44 bits per heavy atom. The second kappa shape index (κ2) is 5.47. The predicted molar refractivity (Wildman–Crippen MR) is 63.4 cm³/mol. The predicted octanol–water partition coefficient (Wildman–Crippen LogP) is 2.45. The summed E-state index contributed by atoms with van der Waals surface area (Å²) in [6.07, 6.45) is 1.59. The van der Waals surface area contributed by atoms with E-state index in [4.69, 9.17) is 4.84 Å². The third-order valence-corrected chi connectivity index (χ3v) is 2.34. The van der Waals surface area contributed by atoms with E-state index in [1.165, 1.54) is 0 Å². The first kappa shape index (κ1) is 12.5. The van der Waals surface area contributed by atoms with E-state index >= 15 is 0 Å². The van der Waals surface area contributed by atoms with Crippen LogP contribution in [0.5, 0.6) is 0 Å². The van der Waals surface area contributed by atoms with Gasteiger partial charge in [-0.2, -0.15) is 0 Å². The molecule has 1 aromatic carbocycles. The monoisotopic (exact) mass is 219 g/mol. The van der Waals surface area contributed by atoms with Gasteiger partial charge in [-0.25, -0.2) is 5.48 Å². The highest BCUT2D eigenvalue weighted by molar-refractivity contribution is 5.82. The molecule has 3 heteroatoms. The fourth-order valence-electron chi connectivity index (χ4n) is 0.983. The highest BCUT2D eigenvalue weighted by atomic mass is 16.6. The zero-order valence-electron chi connectivity index (χ0n) is 9.69. The van der Waals surface area contributed by atoms with E-state index in [0.717, 1.165) is 5.56 Å². The molecule has 1 aromatic rings. The quantitative estimate of drug-likeness (QED) is 0.610. The zero-order valence-corrected chi connectivity index (χ0v) is 9.69. The molecule has 1 amide bonds. The molecular formula is C13H17NO2. The van der Waals surface area contributed by atoms with Crippen LogP contribution in [0.1, 0.15) is 19.4 Å². The fourth-order valence-corrected chi connectivity index (χ4v) is 0.983. The normalized spacial score (nSPS) is 10.9. The standard InChI is InChI=1S/C13H17NO2/c1-4-13(2,3)12(15)14-16-10-11-8-6-5-7-9-11/h4-9H,1,10H2,2-3H3,(H,14,15). The van der Waals surface area contributed by atoms with Crippen molar-refractivity contribution in [3.63, 3.8) is 0 Å².